The summed E-state index contributed by atoms with van der Waals surface area (Å²) in [5, 5.41) is 2.93. The molecule has 2 saturated heterocycles. The second kappa shape index (κ2) is 16.6. The molecular formula is C38H42N6O5S2. The van der Waals surface area contributed by atoms with E-state index in [9.17, 15) is 18.0 Å². The molecule has 2 aliphatic heterocycles. The maximum atomic E-state index is 13.9. The summed E-state index contributed by atoms with van der Waals surface area (Å²) in [4.78, 5) is 40.5. The minimum Gasteiger partial charge on any atom is -0.383 e. The Morgan fingerprint density at radius 2 is 1.76 bits per heavy atom. The zero-order chi connectivity index (χ0) is 35.8. The number of sulfonamides is 1. The number of benzene rings is 3. The summed E-state index contributed by atoms with van der Waals surface area (Å²) in [6.45, 7) is 4.95. The van der Waals surface area contributed by atoms with E-state index in [0.29, 0.717) is 42.4 Å². The number of amides is 2. The highest BCUT2D eigenvalue weighted by Gasteiger charge is 2.40. The lowest BCUT2D eigenvalue weighted by atomic mass is 10.1. The van der Waals surface area contributed by atoms with Crippen LogP contribution in [0.4, 0.5) is 17.1 Å². The number of pyridine rings is 1. The molecule has 0 spiro atoms. The summed E-state index contributed by atoms with van der Waals surface area (Å²) in [7, 11) is -1.99. The fourth-order valence-corrected chi connectivity index (χ4v) is 9.19. The van der Waals surface area contributed by atoms with Crippen LogP contribution in [0.15, 0.2) is 108 Å². The number of thioether (sulfide) groups is 1. The quantitative estimate of drug-likeness (QED) is 0.168. The average Bonchev–Trinajstić information content (AvgIpc) is 3.77. The number of nitrogens with one attached hydrogen (secondary N) is 1. The van der Waals surface area contributed by atoms with Gasteiger partial charge in [0.15, 0.2) is 5.17 Å². The number of hydrogen-bond acceptors (Lipinski definition) is 9. The van der Waals surface area contributed by atoms with Gasteiger partial charge in [-0.25, -0.2) is 13.4 Å². The molecule has 2 fully saturated rings. The second-order valence-electron chi connectivity index (χ2n) is 12.3. The van der Waals surface area contributed by atoms with Crippen molar-refractivity contribution >= 4 is 55.8 Å². The first kappa shape index (κ1) is 36.2. The Morgan fingerprint density at radius 3 is 2.45 bits per heavy atom. The van der Waals surface area contributed by atoms with Gasteiger partial charge in [-0.15, -0.1) is 0 Å². The second-order valence-corrected chi connectivity index (χ2v) is 15.3. The van der Waals surface area contributed by atoms with Gasteiger partial charge in [-0.2, -0.15) is 4.31 Å². The van der Waals surface area contributed by atoms with E-state index < -0.39 is 21.3 Å². The summed E-state index contributed by atoms with van der Waals surface area (Å²) in [5.41, 5.74) is 4.51. The van der Waals surface area contributed by atoms with Crippen molar-refractivity contribution in [2.24, 2.45) is 4.99 Å². The third kappa shape index (κ3) is 8.85. The number of likely N-dealkylation sites (N-methyl/N-ethyl adjacent to an activating group) is 1. The molecule has 0 saturated carbocycles. The number of amidine groups is 1. The predicted molar refractivity (Wildman–Crippen MR) is 202 cm³/mol. The summed E-state index contributed by atoms with van der Waals surface area (Å²) in [5.74, 6) is -0.634. The van der Waals surface area contributed by atoms with Gasteiger partial charge in [0.1, 0.15) is 11.3 Å². The maximum absolute atomic E-state index is 13.9. The number of methoxy groups -OCH3 is 1. The van der Waals surface area contributed by atoms with Crippen molar-refractivity contribution in [3.05, 3.63) is 120 Å². The van der Waals surface area contributed by atoms with E-state index in [1.807, 2.05) is 60.7 Å². The van der Waals surface area contributed by atoms with Crippen LogP contribution in [0.5, 0.6) is 0 Å². The molecule has 2 aliphatic rings. The van der Waals surface area contributed by atoms with Crippen LogP contribution in [-0.4, -0.2) is 79.0 Å². The van der Waals surface area contributed by atoms with Gasteiger partial charge in [-0.3, -0.25) is 19.5 Å². The van der Waals surface area contributed by atoms with Crippen LogP contribution in [0, 0.1) is 0 Å². The first-order valence-electron chi connectivity index (χ1n) is 17.0. The van der Waals surface area contributed by atoms with Gasteiger partial charge in [-0.1, -0.05) is 60.3 Å². The predicted octanol–water partition coefficient (Wildman–Crippen LogP) is 5.99. The minimum atomic E-state index is -3.69. The molecule has 0 bridgehead atoms. The minimum absolute atomic E-state index is 0.111. The molecule has 13 heteroatoms. The molecule has 1 aromatic heterocycles. The third-order valence-electron chi connectivity index (χ3n) is 8.91. The lowest BCUT2D eigenvalue weighted by Gasteiger charge is -2.23. The number of carbonyl (C=O) groups excluding carboxylic acids is 2. The summed E-state index contributed by atoms with van der Waals surface area (Å²) >= 11 is 1.37. The molecule has 0 radical (unpaired) electrons. The van der Waals surface area contributed by atoms with Gasteiger partial charge in [0.2, 0.25) is 21.8 Å². The summed E-state index contributed by atoms with van der Waals surface area (Å²) < 4.78 is 33.1. The summed E-state index contributed by atoms with van der Waals surface area (Å²) in [6.07, 6.45) is 2.77. The van der Waals surface area contributed by atoms with Gasteiger partial charge < -0.3 is 15.0 Å². The molecule has 266 valence electrons. The van der Waals surface area contributed by atoms with Crippen molar-refractivity contribution in [1.29, 1.82) is 0 Å². The van der Waals surface area contributed by atoms with E-state index in [1.54, 1.807) is 54.6 Å². The Kier molecular flexibility index (Phi) is 11.8. The van der Waals surface area contributed by atoms with E-state index >= 15 is 0 Å². The molecule has 2 amide bonds. The zero-order valence-corrected chi connectivity index (χ0v) is 30.4. The van der Waals surface area contributed by atoms with Crippen molar-refractivity contribution in [2.75, 3.05) is 43.6 Å². The smallest absolute Gasteiger partial charge is 0.247 e. The Balaban J connectivity index is 1.16. The molecule has 1 N–H and O–H groups in total. The number of aromatic nitrogens is 1. The lowest BCUT2D eigenvalue weighted by molar-refractivity contribution is -0.126. The molecule has 4 aromatic rings. The fourth-order valence-electron chi connectivity index (χ4n) is 6.24. The SMILES string of the molecule is CCN(CCOC)c1ccc(/N=C2\SC(c3ccc(NC(=O)[C@@H]4CCCN4S(=O)(=O)Cc4ccccc4)cc3)C(=O)N2Cc2ccccn2)cc1. The average molecular weight is 727 g/mol. The Labute approximate surface area is 303 Å². The van der Waals surface area contributed by atoms with Crippen LogP contribution in [0.3, 0.4) is 0 Å². The maximum Gasteiger partial charge on any atom is 0.247 e. The van der Waals surface area contributed by atoms with E-state index in [2.05, 4.69) is 22.1 Å². The van der Waals surface area contributed by atoms with E-state index in [0.717, 1.165) is 35.7 Å². The van der Waals surface area contributed by atoms with Crippen LogP contribution in [0.1, 0.15) is 41.8 Å². The normalized spacial score (nSPS) is 18.7. The monoisotopic (exact) mass is 726 g/mol. The molecule has 6 rings (SSSR count). The number of carbonyl (C=O) groups is 2. The third-order valence-corrected chi connectivity index (χ3v) is 12.0. The molecule has 0 aliphatic carbocycles. The number of rotatable bonds is 14. The number of aliphatic imine (C=N–C) groups is 1. The number of hydrogen-bond donors (Lipinski definition) is 1. The highest BCUT2D eigenvalue weighted by Crippen LogP contribution is 2.41. The van der Waals surface area contributed by atoms with Gasteiger partial charge in [0.25, 0.3) is 0 Å². The van der Waals surface area contributed by atoms with Gasteiger partial charge in [-0.05, 0) is 79.4 Å². The molecule has 11 nitrogen and oxygen atoms in total. The topological polar surface area (TPSA) is 125 Å². The van der Waals surface area contributed by atoms with Crippen LogP contribution >= 0.6 is 11.8 Å². The van der Waals surface area contributed by atoms with Gasteiger partial charge in [0, 0.05) is 44.3 Å². The Bertz CT molecular complexity index is 1930. The summed E-state index contributed by atoms with van der Waals surface area (Å²) in [6, 6.07) is 28.9. The Hall–Kier alpha value is -4.56. The number of anilines is 2. The zero-order valence-electron chi connectivity index (χ0n) is 28.7. The van der Waals surface area contributed by atoms with Gasteiger partial charge in [0.05, 0.1) is 30.3 Å². The lowest BCUT2D eigenvalue weighted by Crippen LogP contribution is -2.43. The molecule has 1 unspecified atom stereocenters. The molecule has 3 aromatic carbocycles. The standard InChI is InChI=1S/C38H42N6O5S2/c1-3-42(24-25-49-2)33-20-18-31(19-21-33)41-38-43(26-32-12-7-8-22-39-32)37(46)35(50-38)29-14-16-30(17-15-29)40-36(45)34-13-9-23-44(34)51(47,48)27-28-10-5-4-6-11-28/h4-8,10-12,14-22,34-35H,3,9,13,23-27H2,1-2H3,(H,40,45)/b41-38-/t34-,35?/m0/s1. The molecular weight excluding hydrogens is 685 g/mol. The highest BCUT2D eigenvalue weighted by molar-refractivity contribution is 8.15. The van der Waals surface area contributed by atoms with Crippen molar-refractivity contribution in [3.8, 4) is 0 Å². The van der Waals surface area contributed by atoms with E-state index in [4.69, 9.17) is 9.73 Å². The Morgan fingerprint density at radius 1 is 1.02 bits per heavy atom. The van der Waals surface area contributed by atoms with E-state index in [-0.39, 0.29) is 24.1 Å². The molecule has 3 heterocycles. The number of ether oxygens (including phenoxy) is 1. The largest absolute Gasteiger partial charge is 0.383 e. The van der Waals surface area contributed by atoms with Crippen molar-refractivity contribution < 1.29 is 22.7 Å². The van der Waals surface area contributed by atoms with Crippen LogP contribution in [-0.2, 0) is 36.6 Å². The van der Waals surface area contributed by atoms with Gasteiger partial charge >= 0.3 is 0 Å². The number of nitrogens with zero attached hydrogens (tertiary/aromatic N) is 5. The van der Waals surface area contributed by atoms with Crippen LogP contribution < -0.4 is 10.2 Å². The van der Waals surface area contributed by atoms with E-state index in [1.165, 1.54) is 16.1 Å². The van der Waals surface area contributed by atoms with Crippen molar-refractivity contribution in [3.63, 3.8) is 0 Å². The highest BCUT2D eigenvalue weighted by atomic mass is 32.2. The fraction of sp³-hybridized carbons (Fsp3) is 0.316. The first-order chi connectivity index (χ1) is 24.8. The van der Waals surface area contributed by atoms with Crippen LogP contribution in [0.25, 0.3) is 0 Å². The van der Waals surface area contributed by atoms with Crippen molar-refractivity contribution in [1.82, 2.24) is 14.2 Å². The first-order valence-corrected chi connectivity index (χ1v) is 19.5. The van der Waals surface area contributed by atoms with Crippen LogP contribution in [0.2, 0.25) is 0 Å². The molecule has 2 atom stereocenters. The molecule has 51 heavy (non-hydrogen) atoms. The van der Waals surface area contributed by atoms with Crippen molar-refractivity contribution in [2.45, 2.75) is 43.4 Å².